The van der Waals surface area contributed by atoms with Crippen molar-refractivity contribution in [2.24, 2.45) is 0 Å². The Bertz CT molecular complexity index is 1210. The summed E-state index contributed by atoms with van der Waals surface area (Å²) in [7, 11) is 0. The van der Waals surface area contributed by atoms with Crippen molar-refractivity contribution < 1.29 is 14.0 Å². The van der Waals surface area contributed by atoms with Crippen molar-refractivity contribution in [1.29, 1.82) is 0 Å². The van der Waals surface area contributed by atoms with E-state index in [9.17, 15) is 9.59 Å². The zero-order chi connectivity index (χ0) is 21.8. The largest absolute Gasteiger partial charge is 0.467 e. The normalized spacial score (nSPS) is 11.8. The number of rotatable bonds is 6. The van der Waals surface area contributed by atoms with Crippen molar-refractivity contribution in [1.82, 2.24) is 15.6 Å². The van der Waals surface area contributed by atoms with E-state index in [0.29, 0.717) is 17.0 Å². The van der Waals surface area contributed by atoms with E-state index in [1.54, 1.807) is 31.4 Å². The maximum absolute atomic E-state index is 13.1. The van der Waals surface area contributed by atoms with Crippen molar-refractivity contribution in [3.63, 3.8) is 0 Å². The van der Waals surface area contributed by atoms with Crippen LogP contribution in [0.2, 0.25) is 0 Å². The molecule has 2 heterocycles. The number of nitrogens with zero attached hydrogens (tertiary/aromatic N) is 1. The molecule has 2 aromatic carbocycles. The SMILES string of the molecule is Cc1ccc(-c2cc(C(=O)NC(C)C(=O)NCc3ccco3)c3ccccc3n2)cc1. The number of carbonyl (C=O) groups excluding carboxylic acids is 2. The molecule has 0 bridgehead atoms. The third kappa shape index (κ3) is 4.64. The summed E-state index contributed by atoms with van der Waals surface area (Å²) in [4.78, 5) is 30.2. The standard InChI is InChI=1S/C25H23N3O3/c1-16-9-11-18(12-10-16)23-14-21(20-7-3-4-8-22(20)28-23)25(30)27-17(2)24(29)26-15-19-6-5-13-31-19/h3-14,17H,15H2,1-2H3,(H,26,29)(H,27,30). The summed E-state index contributed by atoms with van der Waals surface area (Å²) < 4.78 is 5.22. The number of nitrogens with one attached hydrogen (secondary N) is 2. The number of hydrogen-bond acceptors (Lipinski definition) is 4. The summed E-state index contributed by atoms with van der Waals surface area (Å²) in [6.07, 6.45) is 1.55. The molecule has 0 saturated carbocycles. The molecule has 0 aliphatic heterocycles. The Balaban J connectivity index is 1.57. The van der Waals surface area contributed by atoms with Gasteiger partial charge in [-0.05, 0) is 38.1 Å². The Morgan fingerprint density at radius 3 is 2.55 bits per heavy atom. The number of benzene rings is 2. The minimum absolute atomic E-state index is 0.266. The van der Waals surface area contributed by atoms with Crippen molar-refractivity contribution in [2.75, 3.05) is 0 Å². The molecule has 1 atom stereocenters. The summed E-state index contributed by atoms with van der Waals surface area (Å²) in [5, 5.41) is 6.29. The topological polar surface area (TPSA) is 84.2 Å². The van der Waals surface area contributed by atoms with Crippen molar-refractivity contribution in [3.8, 4) is 11.3 Å². The molecule has 6 nitrogen and oxygen atoms in total. The van der Waals surface area contributed by atoms with Gasteiger partial charge in [0, 0.05) is 10.9 Å². The molecule has 0 saturated heterocycles. The van der Waals surface area contributed by atoms with Gasteiger partial charge in [0.25, 0.3) is 5.91 Å². The molecule has 2 N–H and O–H groups in total. The van der Waals surface area contributed by atoms with E-state index in [0.717, 1.165) is 22.0 Å². The van der Waals surface area contributed by atoms with Crippen LogP contribution >= 0.6 is 0 Å². The van der Waals surface area contributed by atoms with Crippen molar-refractivity contribution in [3.05, 3.63) is 89.9 Å². The zero-order valence-electron chi connectivity index (χ0n) is 17.4. The van der Waals surface area contributed by atoms with Crippen LogP contribution in [0, 0.1) is 6.92 Å². The Morgan fingerprint density at radius 2 is 1.81 bits per heavy atom. The van der Waals surface area contributed by atoms with Gasteiger partial charge in [-0.1, -0.05) is 48.0 Å². The maximum Gasteiger partial charge on any atom is 0.252 e. The van der Waals surface area contributed by atoms with Crippen LogP contribution in [0.15, 0.2) is 77.4 Å². The maximum atomic E-state index is 13.1. The molecule has 2 aromatic heterocycles. The second kappa shape index (κ2) is 8.83. The average molecular weight is 413 g/mol. The Hall–Kier alpha value is -3.93. The highest BCUT2D eigenvalue weighted by Crippen LogP contribution is 2.25. The highest BCUT2D eigenvalue weighted by Gasteiger charge is 2.19. The Labute approximate surface area is 180 Å². The van der Waals surface area contributed by atoms with Crippen LogP contribution < -0.4 is 10.6 Å². The van der Waals surface area contributed by atoms with E-state index in [1.165, 1.54) is 0 Å². The predicted molar refractivity (Wildman–Crippen MR) is 119 cm³/mol. The first-order valence-electron chi connectivity index (χ1n) is 10.1. The van der Waals surface area contributed by atoms with Gasteiger partial charge in [0.15, 0.2) is 0 Å². The van der Waals surface area contributed by atoms with E-state index < -0.39 is 6.04 Å². The van der Waals surface area contributed by atoms with Crippen LogP contribution in [0.4, 0.5) is 0 Å². The van der Waals surface area contributed by atoms with E-state index in [-0.39, 0.29) is 18.4 Å². The van der Waals surface area contributed by atoms with Crippen LogP contribution in [-0.2, 0) is 11.3 Å². The minimum Gasteiger partial charge on any atom is -0.467 e. The minimum atomic E-state index is -0.711. The third-order valence-electron chi connectivity index (χ3n) is 5.07. The number of hydrogen-bond donors (Lipinski definition) is 2. The molecule has 0 aliphatic carbocycles. The number of pyridine rings is 1. The van der Waals surface area contributed by atoms with Crippen LogP contribution in [0.5, 0.6) is 0 Å². The highest BCUT2D eigenvalue weighted by molar-refractivity contribution is 6.08. The summed E-state index contributed by atoms with van der Waals surface area (Å²) in [5.41, 5.74) is 3.98. The van der Waals surface area contributed by atoms with E-state index in [4.69, 9.17) is 9.40 Å². The van der Waals surface area contributed by atoms with Gasteiger partial charge in [-0.3, -0.25) is 9.59 Å². The highest BCUT2D eigenvalue weighted by atomic mass is 16.3. The van der Waals surface area contributed by atoms with Gasteiger partial charge in [0.2, 0.25) is 5.91 Å². The van der Waals surface area contributed by atoms with Gasteiger partial charge in [0.1, 0.15) is 11.8 Å². The number of fused-ring (bicyclic) bond motifs is 1. The molecule has 0 fully saturated rings. The molecular weight excluding hydrogens is 390 g/mol. The lowest BCUT2D eigenvalue weighted by Gasteiger charge is -2.15. The molecule has 1 unspecified atom stereocenters. The van der Waals surface area contributed by atoms with Gasteiger partial charge >= 0.3 is 0 Å². The first-order valence-corrected chi connectivity index (χ1v) is 10.1. The number of amides is 2. The number of aryl methyl sites for hydroxylation is 1. The van der Waals surface area contributed by atoms with Gasteiger partial charge in [-0.25, -0.2) is 4.98 Å². The predicted octanol–water partition coefficient (Wildman–Crippen LogP) is 4.24. The first kappa shape index (κ1) is 20.3. The van der Waals surface area contributed by atoms with Gasteiger partial charge < -0.3 is 15.1 Å². The Kier molecular flexibility index (Phi) is 5.80. The van der Waals surface area contributed by atoms with E-state index in [2.05, 4.69) is 10.6 Å². The molecule has 2 amide bonds. The van der Waals surface area contributed by atoms with E-state index in [1.807, 2.05) is 55.5 Å². The third-order valence-corrected chi connectivity index (χ3v) is 5.07. The van der Waals surface area contributed by atoms with Crippen LogP contribution in [0.25, 0.3) is 22.2 Å². The summed E-state index contributed by atoms with van der Waals surface area (Å²) in [6.45, 7) is 3.94. The van der Waals surface area contributed by atoms with Crippen LogP contribution in [0.3, 0.4) is 0 Å². The van der Waals surface area contributed by atoms with Gasteiger partial charge in [-0.15, -0.1) is 0 Å². The summed E-state index contributed by atoms with van der Waals surface area (Å²) >= 11 is 0. The Morgan fingerprint density at radius 1 is 1.03 bits per heavy atom. The molecule has 0 radical (unpaired) electrons. The van der Waals surface area contributed by atoms with Crippen molar-refractivity contribution >= 4 is 22.7 Å². The summed E-state index contributed by atoms with van der Waals surface area (Å²) in [6, 6.07) is 20.1. The monoisotopic (exact) mass is 413 g/mol. The lowest BCUT2D eigenvalue weighted by atomic mass is 10.0. The molecule has 4 rings (SSSR count). The quantitative estimate of drug-likeness (QED) is 0.495. The average Bonchev–Trinajstić information content (AvgIpc) is 3.30. The van der Waals surface area contributed by atoms with Gasteiger partial charge in [0.05, 0.1) is 29.6 Å². The fourth-order valence-electron chi connectivity index (χ4n) is 3.32. The van der Waals surface area contributed by atoms with E-state index >= 15 is 0 Å². The number of para-hydroxylation sites is 1. The lowest BCUT2D eigenvalue weighted by Crippen LogP contribution is -2.44. The molecule has 4 aromatic rings. The molecule has 156 valence electrons. The van der Waals surface area contributed by atoms with Gasteiger partial charge in [-0.2, -0.15) is 0 Å². The number of furan rings is 1. The second-order valence-corrected chi connectivity index (χ2v) is 7.43. The number of aromatic nitrogens is 1. The van der Waals surface area contributed by atoms with Crippen molar-refractivity contribution in [2.45, 2.75) is 26.4 Å². The fraction of sp³-hybridized carbons (Fsp3) is 0.160. The molecule has 6 heteroatoms. The lowest BCUT2D eigenvalue weighted by molar-refractivity contribution is -0.122. The summed E-state index contributed by atoms with van der Waals surface area (Å²) in [5.74, 6) is 0.0317. The number of carbonyl (C=O) groups is 2. The smallest absolute Gasteiger partial charge is 0.252 e. The molecule has 0 aliphatic rings. The molecular formula is C25H23N3O3. The first-order chi connectivity index (χ1) is 15.0. The zero-order valence-corrected chi connectivity index (χ0v) is 17.4. The molecule has 31 heavy (non-hydrogen) atoms. The van der Waals surface area contributed by atoms with Crippen LogP contribution in [-0.4, -0.2) is 22.8 Å². The molecule has 0 spiro atoms. The van der Waals surface area contributed by atoms with Crippen LogP contribution in [0.1, 0.15) is 28.6 Å². The second-order valence-electron chi connectivity index (χ2n) is 7.43. The fourth-order valence-corrected chi connectivity index (χ4v) is 3.32.